The van der Waals surface area contributed by atoms with Crippen LogP contribution in [0.2, 0.25) is 0 Å². The van der Waals surface area contributed by atoms with E-state index in [-0.39, 0.29) is 18.5 Å². The molecule has 1 aliphatic rings. The molecule has 1 rings (SSSR count). The minimum atomic E-state index is -0.430. The van der Waals surface area contributed by atoms with Gasteiger partial charge in [0.2, 0.25) is 0 Å². The van der Waals surface area contributed by atoms with Crippen molar-refractivity contribution in [1.82, 2.24) is 15.5 Å². The van der Waals surface area contributed by atoms with Crippen molar-refractivity contribution in [3.63, 3.8) is 0 Å². The van der Waals surface area contributed by atoms with Gasteiger partial charge in [0.05, 0.1) is 0 Å². The summed E-state index contributed by atoms with van der Waals surface area (Å²) in [5.74, 6) is 0. The van der Waals surface area contributed by atoms with Crippen LogP contribution in [0, 0.1) is 0 Å². The van der Waals surface area contributed by atoms with Gasteiger partial charge in [-0.05, 0) is 27.8 Å². The van der Waals surface area contributed by atoms with Gasteiger partial charge in [0.15, 0.2) is 0 Å². The summed E-state index contributed by atoms with van der Waals surface area (Å²) in [6.07, 6.45) is -0.341. The lowest BCUT2D eigenvalue weighted by Crippen LogP contribution is -2.54. The second-order valence-corrected chi connectivity index (χ2v) is 5.22. The van der Waals surface area contributed by atoms with Crippen LogP contribution in [0.3, 0.4) is 0 Å². The Morgan fingerprint density at radius 1 is 1.53 bits per heavy atom. The first-order chi connectivity index (χ1) is 7.38. The number of nitrogens with zero attached hydrogens (tertiary/aromatic N) is 1. The van der Waals surface area contributed by atoms with Gasteiger partial charge < -0.3 is 15.4 Å². The molecule has 0 aliphatic carbocycles. The molecule has 0 spiro atoms. The van der Waals surface area contributed by atoms with Gasteiger partial charge in [0.1, 0.15) is 5.60 Å². The Hall–Kier alpha value is -0.520. The summed E-state index contributed by atoms with van der Waals surface area (Å²) in [6.45, 7) is 9.15. The molecule has 0 saturated carbocycles. The van der Waals surface area contributed by atoms with Crippen molar-refractivity contribution in [2.24, 2.45) is 0 Å². The first kappa shape index (κ1) is 16.5. The Balaban J connectivity index is 0.00000256. The molecular formula is C11H24ClN3O2. The molecule has 0 aromatic heterocycles. The zero-order valence-corrected chi connectivity index (χ0v) is 11.9. The summed E-state index contributed by atoms with van der Waals surface area (Å²) < 4.78 is 5.18. The molecule has 0 aromatic carbocycles. The van der Waals surface area contributed by atoms with Crippen LogP contribution < -0.4 is 10.6 Å². The molecule has 17 heavy (non-hydrogen) atoms. The lowest BCUT2D eigenvalue weighted by molar-refractivity contribution is 0.0507. The van der Waals surface area contributed by atoms with Gasteiger partial charge in [-0.25, -0.2) is 4.79 Å². The van der Waals surface area contributed by atoms with Crippen molar-refractivity contribution in [1.29, 1.82) is 0 Å². The summed E-state index contributed by atoms with van der Waals surface area (Å²) in [4.78, 5) is 13.7. The number of carbonyl (C=O) groups excluding carboxylic acids is 1. The van der Waals surface area contributed by atoms with Crippen LogP contribution in [0.15, 0.2) is 0 Å². The number of halogens is 1. The fourth-order valence-electron chi connectivity index (χ4n) is 1.61. The number of ether oxygens (including phenoxy) is 1. The molecule has 5 nitrogen and oxygen atoms in total. The fraction of sp³-hybridized carbons (Fsp3) is 0.909. The number of likely N-dealkylation sites (N-methyl/N-ethyl adjacent to an activating group) is 1. The number of nitrogens with one attached hydrogen (secondary N) is 2. The summed E-state index contributed by atoms with van der Waals surface area (Å²) >= 11 is 0. The Labute approximate surface area is 110 Å². The molecule has 1 amide bonds. The average Bonchev–Trinajstić information content (AvgIpc) is 2.14. The minimum Gasteiger partial charge on any atom is -0.444 e. The van der Waals surface area contributed by atoms with Crippen molar-refractivity contribution in [3.8, 4) is 0 Å². The summed E-state index contributed by atoms with van der Waals surface area (Å²) in [5, 5.41) is 6.10. The van der Waals surface area contributed by atoms with E-state index in [0.717, 1.165) is 19.6 Å². The maximum Gasteiger partial charge on any atom is 0.407 e. The van der Waals surface area contributed by atoms with E-state index in [1.807, 2.05) is 20.8 Å². The van der Waals surface area contributed by atoms with Gasteiger partial charge in [-0.2, -0.15) is 0 Å². The van der Waals surface area contributed by atoms with Crippen molar-refractivity contribution in [2.45, 2.75) is 32.4 Å². The number of hydrogen-bond acceptors (Lipinski definition) is 4. The maximum atomic E-state index is 11.4. The van der Waals surface area contributed by atoms with E-state index in [1.54, 1.807) is 0 Å². The minimum absolute atomic E-state index is 0. The first-order valence-corrected chi connectivity index (χ1v) is 5.76. The van der Waals surface area contributed by atoms with Crippen molar-refractivity contribution >= 4 is 18.5 Å². The van der Waals surface area contributed by atoms with Crippen LogP contribution in [0.1, 0.15) is 20.8 Å². The van der Waals surface area contributed by atoms with E-state index >= 15 is 0 Å². The van der Waals surface area contributed by atoms with Crippen LogP contribution in [-0.2, 0) is 4.74 Å². The number of rotatable bonds is 2. The highest BCUT2D eigenvalue weighted by Gasteiger charge is 2.21. The highest BCUT2D eigenvalue weighted by molar-refractivity contribution is 5.85. The van der Waals surface area contributed by atoms with Crippen LogP contribution in [0.4, 0.5) is 4.79 Å². The molecule has 6 heteroatoms. The molecule has 0 bridgehead atoms. The number of carbonyl (C=O) groups is 1. The molecule has 102 valence electrons. The normalized spacial score (nSPS) is 21.5. The number of alkyl carbamates (subject to hydrolysis) is 1. The lowest BCUT2D eigenvalue weighted by Gasteiger charge is -2.33. The molecule has 1 unspecified atom stereocenters. The van der Waals surface area contributed by atoms with Crippen LogP contribution in [0.25, 0.3) is 0 Å². The Bertz CT molecular complexity index is 243. The monoisotopic (exact) mass is 265 g/mol. The molecule has 1 fully saturated rings. The zero-order chi connectivity index (χ0) is 12.2. The molecule has 1 atom stereocenters. The summed E-state index contributed by atoms with van der Waals surface area (Å²) in [5.41, 5.74) is -0.430. The predicted octanol–water partition coefficient (Wildman–Crippen LogP) is 0.836. The van der Waals surface area contributed by atoms with E-state index in [1.165, 1.54) is 0 Å². The van der Waals surface area contributed by atoms with E-state index in [2.05, 4.69) is 22.6 Å². The quantitative estimate of drug-likeness (QED) is 0.777. The number of hydrogen-bond donors (Lipinski definition) is 2. The van der Waals surface area contributed by atoms with Gasteiger partial charge in [-0.3, -0.25) is 4.90 Å². The fourth-order valence-corrected chi connectivity index (χ4v) is 1.61. The third-order valence-corrected chi connectivity index (χ3v) is 2.53. The highest BCUT2D eigenvalue weighted by Crippen LogP contribution is 2.06. The summed E-state index contributed by atoms with van der Waals surface area (Å²) in [6, 6.07) is 0.348. The molecule has 1 heterocycles. The van der Waals surface area contributed by atoms with Crippen molar-refractivity contribution < 1.29 is 9.53 Å². The largest absolute Gasteiger partial charge is 0.444 e. The molecule has 1 aliphatic heterocycles. The third-order valence-electron chi connectivity index (χ3n) is 2.53. The van der Waals surface area contributed by atoms with Crippen molar-refractivity contribution in [3.05, 3.63) is 0 Å². The van der Waals surface area contributed by atoms with E-state index in [9.17, 15) is 4.79 Å². The smallest absolute Gasteiger partial charge is 0.407 e. The van der Waals surface area contributed by atoms with Gasteiger partial charge in [-0.15, -0.1) is 12.4 Å². The SMILES string of the molecule is CN1CCNCC1CNC(=O)OC(C)(C)C.Cl. The van der Waals surface area contributed by atoms with E-state index in [4.69, 9.17) is 4.74 Å². The Morgan fingerprint density at radius 3 is 2.71 bits per heavy atom. The van der Waals surface area contributed by atoms with Crippen LogP contribution in [-0.4, -0.2) is 55.9 Å². The van der Waals surface area contributed by atoms with Crippen LogP contribution in [0.5, 0.6) is 0 Å². The van der Waals surface area contributed by atoms with Gasteiger partial charge in [0, 0.05) is 32.2 Å². The van der Waals surface area contributed by atoms with Gasteiger partial charge in [-0.1, -0.05) is 0 Å². The second kappa shape index (κ2) is 7.03. The van der Waals surface area contributed by atoms with Crippen molar-refractivity contribution in [2.75, 3.05) is 33.2 Å². The number of piperazine rings is 1. The number of amides is 1. The molecule has 0 aromatic rings. The average molecular weight is 266 g/mol. The maximum absolute atomic E-state index is 11.4. The van der Waals surface area contributed by atoms with Gasteiger partial charge in [0.25, 0.3) is 0 Å². The predicted molar refractivity (Wildman–Crippen MR) is 70.8 cm³/mol. The Kier molecular flexibility index (Phi) is 6.82. The Morgan fingerprint density at radius 2 is 2.18 bits per heavy atom. The molecule has 1 saturated heterocycles. The zero-order valence-electron chi connectivity index (χ0n) is 11.1. The van der Waals surface area contributed by atoms with E-state index < -0.39 is 5.60 Å². The standard InChI is InChI=1S/C11H23N3O2.ClH/c1-11(2,3)16-10(15)13-8-9-7-12-5-6-14(9)4;/h9,12H,5-8H2,1-4H3,(H,13,15);1H. The topological polar surface area (TPSA) is 53.6 Å². The van der Waals surface area contributed by atoms with Gasteiger partial charge >= 0.3 is 6.09 Å². The molecule has 2 N–H and O–H groups in total. The van der Waals surface area contributed by atoms with E-state index in [0.29, 0.717) is 12.6 Å². The molecular weight excluding hydrogens is 242 g/mol. The molecule has 0 radical (unpaired) electrons. The summed E-state index contributed by atoms with van der Waals surface area (Å²) in [7, 11) is 2.07. The second-order valence-electron chi connectivity index (χ2n) is 5.22. The first-order valence-electron chi connectivity index (χ1n) is 5.76. The van der Waals surface area contributed by atoms with Crippen LogP contribution >= 0.6 is 12.4 Å². The third kappa shape index (κ3) is 6.71. The lowest BCUT2D eigenvalue weighted by atomic mass is 10.2. The highest BCUT2D eigenvalue weighted by atomic mass is 35.5.